The predicted molar refractivity (Wildman–Crippen MR) is 83.0 cm³/mol. The van der Waals surface area contributed by atoms with Gasteiger partial charge in [0, 0.05) is 6.04 Å². The molecule has 0 aliphatic carbocycles. The van der Waals surface area contributed by atoms with Crippen molar-refractivity contribution in [2.45, 2.75) is 32.4 Å². The van der Waals surface area contributed by atoms with E-state index in [-0.39, 0.29) is 6.04 Å². The molecule has 2 aromatic rings. The van der Waals surface area contributed by atoms with Gasteiger partial charge >= 0.3 is 0 Å². The molecular formula is C17H23NO3. The molecule has 21 heavy (non-hydrogen) atoms. The third-order valence-electron chi connectivity index (χ3n) is 3.49. The number of ether oxygens (including phenoxy) is 2. The lowest BCUT2D eigenvalue weighted by molar-refractivity contribution is 0.354. The van der Waals surface area contributed by atoms with Crippen LogP contribution in [0.3, 0.4) is 0 Å². The van der Waals surface area contributed by atoms with E-state index in [4.69, 9.17) is 13.9 Å². The lowest BCUT2D eigenvalue weighted by Crippen LogP contribution is -2.30. The van der Waals surface area contributed by atoms with Crippen molar-refractivity contribution in [1.82, 2.24) is 5.32 Å². The van der Waals surface area contributed by atoms with Crippen LogP contribution in [-0.4, -0.2) is 20.3 Å². The second kappa shape index (κ2) is 7.18. The molecule has 2 atom stereocenters. The second-order valence-corrected chi connectivity index (χ2v) is 5.20. The molecule has 1 N–H and O–H groups in total. The summed E-state index contributed by atoms with van der Waals surface area (Å²) in [6.45, 7) is 4.26. The van der Waals surface area contributed by atoms with Gasteiger partial charge in [-0.25, -0.2) is 0 Å². The molecule has 1 aromatic heterocycles. The van der Waals surface area contributed by atoms with E-state index >= 15 is 0 Å². The van der Waals surface area contributed by atoms with Crippen molar-refractivity contribution < 1.29 is 13.9 Å². The Morgan fingerprint density at radius 1 is 1.10 bits per heavy atom. The summed E-state index contributed by atoms with van der Waals surface area (Å²) in [5.41, 5.74) is 1.21. The summed E-state index contributed by atoms with van der Waals surface area (Å²) in [5.74, 6) is 2.47. The van der Waals surface area contributed by atoms with Gasteiger partial charge in [-0.2, -0.15) is 0 Å². The van der Waals surface area contributed by atoms with Crippen LogP contribution >= 0.6 is 0 Å². The molecule has 1 aromatic carbocycles. The molecule has 114 valence electrons. The SMILES string of the molecule is COc1ccc(CC(C)NC(C)c2ccco2)cc1OC. The van der Waals surface area contributed by atoms with Crippen molar-refractivity contribution >= 4 is 0 Å². The number of furan rings is 1. The average molecular weight is 289 g/mol. The van der Waals surface area contributed by atoms with Gasteiger partial charge in [-0.15, -0.1) is 0 Å². The molecular weight excluding hydrogens is 266 g/mol. The highest BCUT2D eigenvalue weighted by molar-refractivity contribution is 5.43. The maximum Gasteiger partial charge on any atom is 0.160 e. The Kier molecular flexibility index (Phi) is 5.28. The molecule has 0 aliphatic heterocycles. The van der Waals surface area contributed by atoms with Crippen LogP contribution in [0, 0.1) is 0 Å². The smallest absolute Gasteiger partial charge is 0.160 e. The van der Waals surface area contributed by atoms with E-state index < -0.39 is 0 Å². The normalized spacial score (nSPS) is 13.7. The van der Waals surface area contributed by atoms with E-state index in [1.54, 1.807) is 20.5 Å². The van der Waals surface area contributed by atoms with Gasteiger partial charge in [0.1, 0.15) is 5.76 Å². The fourth-order valence-corrected chi connectivity index (χ4v) is 2.47. The first-order valence-corrected chi connectivity index (χ1v) is 7.14. The first kappa shape index (κ1) is 15.4. The van der Waals surface area contributed by atoms with Gasteiger partial charge in [0.05, 0.1) is 26.5 Å². The van der Waals surface area contributed by atoms with Gasteiger partial charge in [-0.1, -0.05) is 6.07 Å². The van der Waals surface area contributed by atoms with Crippen LogP contribution in [-0.2, 0) is 6.42 Å². The lowest BCUT2D eigenvalue weighted by atomic mass is 10.1. The Morgan fingerprint density at radius 3 is 2.48 bits per heavy atom. The fourth-order valence-electron chi connectivity index (χ4n) is 2.47. The third kappa shape index (κ3) is 4.02. The van der Waals surface area contributed by atoms with Gasteiger partial charge in [0.2, 0.25) is 0 Å². The van der Waals surface area contributed by atoms with Crippen molar-refractivity contribution in [2.75, 3.05) is 14.2 Å². The Morgan fingerprint density at radius 2 is 1.86 bits per heavy atom. The van der Waals surface area contributed by atoms with E-state index in [1.165, 1.54) is 5.56 Å². The zero-order valence-corrected chi connectivity index (χ0v) is 13.1. The molecule has 0 bridgehead atoms. The monoisotopic (exact) mass is 289 g/mol. The summed E-state index contributed by atoms with van der Waals surface area (Å²) in [6, 6.07) is 10.4. The zero-order valence-electron chi connectivity index (χ0n) is 13.1. The summed E-state index contributed by atoms with van der Waals surface area (Å²) in [7, 11) is 3.30. The maximum absolute atomic E-state index is 5.41. The van der Waals surface area contributed by atoms with Crippen LogP contribution in [0.1, 0.15) is 31.2 Å². The van der Waals surface area contributed by atoms with Crippen LogP contribution in [0.4, 0.5) is 0 Å². The standard InChI is InChI=1S/C17H23NO3/c1-12(18-13(2)15-6-5-9-21-15)10-14-7-8-16(19-3)17(11-14)20-4/h5-9,11-13,18H,10H2,1-4H3. The molecule has 0 saturated carbocycles. The molecule has 0 radical (unpaired) electrons. The first-order chi connectivity index (χ1) is 10.1. The summed E-state index contributed by atoms with van der Waals surface area (Å²) >= 11 is 0. The maximum atomic E-state index is 5.41. The van der Waals surface area contributed by atoms with E-state index in [0.717, 1.165) is 23.7 Å². The molecule has 1 heterocycles. The number of benzene rings is 1. The van der Waals surface area contributed by atoms with Crippen LogP contribution in [0.15, 0.2) is 41.0 Å². The molecule has 0 fully saturated rings. The van der Waals surface area contributed by atoms with Gasteiger partial charge in [-0.3, -0.25) is 0 Å². The number of nitrogens with one attached hydrogen (secondary N) is 1. The van der Waals surface area contributed by atoms with Gasteiger partial charge in [0.25, 0.3) is 0 Å². The highest BCUT2D eigenvalue weighted by Crippen LogP contribution is 2.28. The number of hydrogen-bond donors (Lipinski definition) is 1. The highest BCUT2D eigenvalue weighted by Gasteiger charge is 2.13. The average Bonchev–Trinajstić information content (AvgIpc) is 3.01. The van der Waals surface area contributed by atoms with Gasteiger partial charge in [0.15, 0.2) is 11.5 Å². The molecule has 2 unspecified atom stereocenters. The summed E-state index contributed by atoms with van der Waals surface area (Å²) < 4.78 is 16.0. The summed E-state index contributed by atoms with van der Waals surface area (Å²) in [6.07, 6.45) is 2.61. The fraction of sp³-hybridized carbons (Fsp3) is 0.412. The Hall–Kier alpha value is -1.94. The Labute approximate surface area is 126 Å². The second-order valence-electron chi connectivity index (χ2n) is 5.20. The molecule has 4 heteroatoms. The summed E-state index contributed by atoms with van der Waals surface area (Å²) in [5, 5.41) is 3.53. The van der Waals surface area contributed by atoms with Crippen LogP contribution < -0.4 is 14.8 Å². The molecule has 4 nitrogen and oxygen atoms in total. The van der Waals surface area contributed by atoms with Crippen molar-refractivity contribution in [1.29, 1.82) is 0 Å². The summed E-state index contributed by atoms with van der Waals surface area (Å²) in [4.78, 5) is 0. The predicted octanol–water partition coefficient (Wildman–Crippen LogP) is 3.58. The van der Waals surface area contributed by atoms with E-state index in [0.29, 0.717) is 6.04 Å². The van der Waals surface area contributed by atoms with Crippen molar-refractivity contribution in [3.8, 4) is 11.5 Å². The van der Waals surface area contributed by atoms with Crippen LogP contribution in [0.2, 0.25) is 0 Å². The molecule has 0 amide bonds. The van der Waals surface area contributed by atoms with E-state index in [1.807, 2.05) is 24.3 Å². The van der Waals surface area contributed by atoms with Crippen LogP contribution in [0.5, 0.6) is 11.5 Å². The van der Waals surface area contributed by atoms with E-state index in [9.17, 15) is 0 Å². The number of methoxy groups -OCH3 is 2. The molecule has 2 rings (SSSR count). The minimum absolute atomic E-state index is 0.190. The first-order valence-electron chi connectivity index (χ1n) is 7.14. The quantitative estimate of drug-likeness (QED) is 0.846. The molecule has 0 spiro atoms. The van der Waals surface area contributed by atoms with Crippen molar-refractivity contribution in [3.05, 3.63) is 47.9 Å². The van der Waals surface area contributed by atoms with Crippen molar-refractivity contribution in [2.24, 2.45) is 0 Å². The van der Waals surface area contributed by atoms with E-state index in [2.05, 4.69) is 25.2 Å². The minimum Gasteiger partial charge on any atom is -0.493 e. The zero-order chi connectivity index (χ0) is 15.2. The Bertz CT molecular complexity index is 551. The topological polar surface area (TPSA) is 43.6 Å². The highest BCUT2D eigenvalue weighted by atomic mass is 16.5. The van der Waals surface area contributed by atoms with Gasteiger partial charge < -0.3 is 19.2 Å². The van der Waals surface area contributed by atoms with Gasteiger partial charge in [-0.05, 0) is 50.1 Å². The molecule has 0 aliphatic rings. The lowest BCUT2D eigenvalue weighted by Gasteiger charge is -2.19. The number of rotatable bonds is 7. The number of hydrogen-bond acceptors (Lipinski definition) is 4. The Balaban J connectivity index is 1.97. The minimum atomic E-state index is 0.190. The third-order valence-corrected chi connectivity index (χ3v) is 3.49. The van der Waals surface area contributed by atoms with Crippen molar-refractivity contribution in [3.63, 3.8) is 0 Å². The van der Waals surface area contributed by atoms with Crippen LogP contribution in [0.25, 0.3) is 0 Å². The largest absolute Gasteiger partial charge is 0.493 e. The molecule has 0 saturated heterocycles.